The molecule has 1 aliphatic rings. The summed E-state index contributed by atoms with van der Waals surface area (Å²) in [5, 5.41) is 2.70. The zero-order valence-corrected chi connectivity index (χ0v) is 11.7. The molecule has 4 nitrogen and oxygen atoms in total. The molecule has 1 fully saturated rings. The molecule has 1 aromatic rings. The number of ether oxygens (including phenoxy) is 1. The molecule has 0 aliphatic heterocycles. The molecule has 3 N–H and O–H groups in total. The highest BCUT2D eigenvalue weighted by atomic mass is 19.1. The fourth-order valence-electron chi connectivity index (χ4n) is 2.54. The van der Waals surface area contributed by atoms with Crippen LogP contribution in [0.3, 0.4) is 0 Å². The normalized spacial score (nSPS) is 24.1. The van der Waals surface area contributed by atoms with Crippen LogP contribution in [0.1, 0.15) is 30.6 Å². The first-order valence-corrected chi connectivity index (χ1v) is 6.35. The fourth-order valence-corrected chi connectivity index (χ4v) is 2.54. The second kappa shape index (κ2) is 5.01. The van der Waals surface area contributed by atoms with Crippen molar-refractivity contribution in [2.75, 3.05) is 12.8 Å². The molecule has 6 heteroatoms. The number of nitrogens with two attached hydrogens (primary N) is 1. The smallest absolute Gasteiger partial charge is 0.254 e. The minimum absolute atomic E-state index is 0.0372. The van der Waals surface area contributed by atoms with Gasteiger partial charge in [-0.05, 0) is 18.6 Å². The molecule has 2 atom stereocenters. The Kier molecular flexibility index (Phi) is 3.69. The first kappa shape index (κ1) is 14.7. The summed E-state index contributed by atoms with van der Waals surface area (Å²) in [4.78, 5) is 12.0. The van der Waals surface area contributed by atoms with Crippen LogP contribution < -0.4 is 11.1 Å². The number of nitrogen functional groups attached to an aromatic ring is 1. The first-order chi connectivity index (χ1) is 9.27. The van der Waals surface area contributed by atoms with Gasteiger partial charge in [0.05, 0.1) is 17.4 Å². The molecule has 1 amide bonds. The van der Waals surface area contributed by atoms with Gasteiger partial charge in [0.15, 0.2) is 5.82 Å². The maximum absolute atomic E-state index is 13.8. The highest BCUT2D eigenvalue weighted by molar-refractivity contribution is 5.95. The van der Waals surface area contributed by atoms with Crippen molar-refractivity contribution in [3.05, 3.63) is 29.3 Å². The van der Waals surface area contributed by atoms with Gasteiger partial charge >= 0.3 is 0 Å². The molecule has 0 heterocycles. The number of halogens is 2. The van der Waals surface area contributed by atoms with Gasteiger partial charge < -0.3 is 15.8 Å². The topological polar surface area (TPSA) is 64.3 Å². The number of carbonyl (C=O) groups excluding carboxylic acids is 1. The van der Waals surface area contributed by atoms with Gasteiger partial charge in [0.25, 0.3) is 5.91 Å². The van der Waals surface area contributed by atoms with E-state index in [1.807, 2.05) is 13.8 Å². The summed E-state index contributed by atoms with van der Waals surface area (Å²) in [5.74, 6) is -2.30. The largest absolute Gasteiger partial charge is 0.396 e. The molecule has 1 aromatic carbocycles. The van der Waals surface area contributed by atoms with E-state index >= 15 is 0 Å². The third-order valence-corrected chi connectivity index (χ3v) is 4.08. The Morgan fingerprint density at radius 2 is 2.10 bits per heavy atom. The van der Waals surface area contributed by atoms with Crippen LogP contribution in [0.2, 0.25) is 0 Å². The predicted octanol–water partition coefficient (Wildman–Crippen LogP) is 2.09. The minimum atomic E-state index is -0.899. The summed E-state index contributed by atoms with van der Waals surface area (Å²) < 4.78 is 32.3. The van der Waals surface area contributed by atoms with Crippen molar-refractivity contribution < 1.29 is 18.3 Å². The second-order valence-corrected chi connectivity index (χ2v) is 5.66. The fraction of sp³-hybridized carbons (Fsp3) is 0.500. The van der Waals surface area contributed by atoms with Crippen molar-refractivity contribution in [2.24, 2.45) is 5.41 Å². The molecule has 2 rings (SSSR count). The van der Waals surface area contributed by atoms with Crippen LogP contribution in [0, 0.1) is 17.0 Å². The van der Waals surface area contributed by atoms with E-state index in [0.717, 1.165) is 12.1 Å². The number of benzene rings is 1. The Labute approximate surface area is 116 Å². The van der Waals surface area contributed by atoms with Crippen LogP contribution >= 0.6 is 0 Å². The van der Waals surface area contributed by atoms with Crippen molar-refractivity contribution in [3.63, 3.8) is 0 Å². The molecule has 1 aliphatic carbocycles. The maximum Gasteiger partial charge on any atom is 0.254 e. The van der Waals surface area contributed by atoms with Crippen molar-refractivity contribution in [1.29, 1.82) is 0 Å². The van der Waals surface area contributed by atoms with E-state index in [4.69, 9.17) is 10.5 Å². The number of hydrogen-bond donors (Lipinski definition) is 2. The SMILES string of the molecule is COC1CC(NC(=O)c2cc(F)cc(N)c2F)C1(C)C. The number of carbonyl (C=O) groups is 1. The average molecular weight is 284 g/mol. The van der Waals surface area contributed by atoms with Gasteiger partial charge in [-0.15, -0.1) is 0 Å². The van der Waals surface area contributed by atoms with Gasteiger partial charge in [0, 0.05) is 18.6 Å². The Hall–Kier alpha value is -1.69. The predicted molar refractivity (Wildman–Crippen MR) is 71.2 cm³/mol. The van der Waals surface area contributed by atoms with Gasteiger partial charge in [0.1, 0.15) is 5.82 Å². The van der Waals surface area contributed by atoms with Crippen molar-refractivity contribution in [3.8, 4) is 0 Å². The lowest BCUT2D eigenvalue weighted by Gasteiger charge is -2.51. The van der Waals surface area contributed by atoms with E-state index < -0.39 is 17.5 Å². The lowest BCUT2D eigenvalue weighted by molar-refractivity contribution is -0.0942. The monoisotopic (exact) mass is 284 g/mol. The third-order valence-electron chi connectivity index (χ3n) is 4.08. The summed E-state index contributed by atoms with van der Waals surface area (Å²) in [6.45, 7) is 3.90. The Bertz CT molecular complexity index is 546. The van der Waals surface area contributed by atoms with Crippen LogP contribution in [0.4, 0.5) is 14.5 Å². The molecule has 0 saturated heterocycles. The maximum atomic E-state index is 13.8. The highest BCUT2D eigenvalue weighted by Gasteiger charge is 2.49. The quantitative estimate of drug-likeness (QED) is 0.835. The standard InChI is InChI=1S/C14H18F2N2O2/c1-14(2)10(6-11(14)20-3)18-13(19)8-4-7(15)5-9(17)12(8)16/h4-5,10-11H,6,17H2,1-3H3,(H,18,19). The van der Waals surface area contributed by atoms with E-state index in [2.05, 4.69) is 5.32 Å². The van der Waals surface area contributed by atoms with Gasteiger partial charge in [0.2, 0.25) is 0 Å². The van der Waals surface area contributed by atoms with Crippen molar-refractivity contribution in [1.82, 2.24) is 5.32 Å². The Morgan fingerprint density at radius 1 is 1.45 bits per heavy atom. The summed E-state index contributed by atoms with van der Waals surface area (Å²) in [6.07, 6.45) is 0.678. The van der Waals surface area contributed by atoms with Crippen LogP contribution in [-0.2, 0) is 4.74 Å². The Balaban J connectivity index is 2.15. The van der Waals surface area contributed by atoms with E-state index in [9.17, 15) is 13.6 Å². The van der Waals surface area contributed by atoms with Gasteiger partial charge in [-0.1, -0.05) is 13.8 Å². The number of hydrogen-bond acceptors (Lipinski definition) is 3. The molecular weight excluding hydrogens is 266 g/mol. The molecule has 0 bridgehead atoms. The number of rotatable bonds is 3. The number of methoxy groups -OCH3 is 1. The van der Waals surface area contributed by atoms with Gasteiger partial charge in [-0.2, -0.15) is 0 Å². The van der Waals surface area contributed by atoms with E-state index in [-0.39, 0.29) is 28.8 Å². The summed E-state index contributed by atoms with van der Waals surface area (Å²) in [7, 11) is 1.61. The zero-order chi connectivity index (χ0) is 15.1. The van der Waals surface area contributed by atoms with Gasteiger partial charge in [-0.3, -0.25) is 4.79 Å². The second-order valence-electron chi connectivity index (χ2n) is 5.66. The first-order valence-electron chi connectivity index (χ1n) is 6.35. The Morgan fingerprint density at radius 3 is 2.65 bits per heavy atom. The molecule has 0 aromatic heterocycles. The number of nitrogens with one attached hydrogen (secondary N) is 1. The van der Waals surface area contributed by atoms with Gasteiger partial charge in [-0.25, -0.2) is 8.78 Å². The van der Waals surface area contributed by atoms with E-state index in [1.54, 1.807) is 7.11 Å². The lowest BCUT2D eigenvalue weighted by Crippen LogP contribution is -2.61. The van der Waals surface area contributed by atoms with Crippen molar-refractivity contribution >= 4 is 11.6 Å². The van der Waals surface area contributed by atoms with E-state index in [0.29, 0.717) is 6.42 Å². The number of anilines is 1. The molecule has 110 valence electrons. The molecule has 0 radical (unpaired) electrons. The van der Waals surface area contributed by atoms with Crippen LogP contribution in [0.25, 0.3) is 0 Å². The third kappa shape index (κ3) is 2.35. The molecule has 0 spiro atoms. The minimum Gasteiger partial charge on any atom is -0.396 e. The number of amides is 1. The van der Waals surface area contributed by atoms with Crippen LogP contribution in [0.15, 0.2) is 12.1 Å². The summed E-state index contributed by atoms with van der Waals surface area (Å²) >= 11 is 0. The van der Waals surface area contributed by atoms with Crippen molar-refractivity contribution in [2.45, 2.75) is 32.4 Å². The molecule has 2 unspecified atom stereocenters. The van der Waals surface area contributed by atoms with Crippen LogP contribution in [-0.4, -0.2) is 25.2 Å². The van der Waals surface area contributed by atoms with E-state index in [1.165, 1.54) is 0 Å². The lowest BCUT2D eigenvalue weighted by atomic mass is 9.64. The average Bonchev–Trinajstić information content (AvgIpc) is 2.37. The zero-order valence-electron chi connectivity index (χ0n) is 11.7. The highest BCUT2D eigenvalue weighted by Crippen LogP contribution is 2.42. The van der Waals surface area contributed by atoms with Crippen LogP contribution in [0.5, 0.6) is 0 Å². The molecule has 1 saturated carbocycles. The molecule has 20 heavy (non-hydrogen) atoms. The summed E-state index contributed by atoms with van der Waals surface area (Å²) in [5.41, 5.74) is 4.32. The summed E-state index contributed by atoms with van der Waals surface area (Å²) in [6, 6.07) is 1.55. The molecular formula is C14H18F2N2O2.